The summed E-state index contributed by atoms with van der Waals surface area (Å²) in [5.74, 6) is -0.0639. The van der Waals surface area contributed by atoms with Gasteiger partial charge in [-0.05, 0) is 45.2 Å². The summed E-state index contributed by atoms with van der Waals surface area (Å²) in [6, 6.07) is 37.6. The highest BCUT2D eigenvalue weighted by molar-refractivity contribution is 6.02. The van der Waals surface area contributed by atoms with E-state index < -0.39 is 0 Å². The highest BCUT2D eigenvalue weighted by Gasteiger charge is 2.21. The van der Waals surface area contributed by atoms with E-state index in [0.717, 1.165) is 27.1 Å². The molecular weight excluding hydrogens is 404 g/mol. The van der Waals surface area contributed by atoms with E-state index in [2.05, 4.69) is 0 Å². The maximum atomic E-state index is 13.3. The Morgan fingerprint density at radius 2 is 0.909 bits per heavy atom. The Bertz CT molecular complexity index is 1360. The largest absolute Gasteiger partial charge is 0.294 e. The molecular formula is C31H24O2. The number of carbonyl (C=O) groups is 2. The Hall–Kier alpha value is -4.04. The van der Waals surface area contributed by atoms with Crippen LogP contribution in [-0.2, 0) is 0 Å². The van der Waals surface area contributed by atoms with Crippen LogP contribution in [0, 0.1) is 0 Å². The van der Waals surface area contributed by atoms with Gasteiger partial charge in [-0.1, -0.05) is 103 Å². The van der Waals surface area contributed by atoms with Crippen LogP contribution in [0.4, 0.5) is 0 Å². The van der Waals surface area contributed by atoms with Gasteiger partial charge in [0.1, 0.15) is 0 Å². The van der Waals surface area contributed by atoms with E-state index in [9.17, 15) is 9.59 Å². The van der Waals surface area contributed by atoms with Crippen LogP contribution >= 0.6 is 0 Å². The van der Waals surface area contributed by atoms with Gasteiger partial charge in [-0.2, -0.15) is 0 Å². The van der Waals surface area contributed by atoms with Crippen LogP contribution in [0.2, 0.25) is 0 Å². The maximum absolute atomic E-state index is 13.3. The van der Waals surface area contributed by atoms with Crippen molar-refractivity contribution in [3.05, 3.63) is 132 Å². The molecule has 5 rings (SSSR count). The summed E-state index contributed by atoms with van der Waals surface area (Å²) < 4.78 is 0. The third-order valence-electron chi connectivity index (χ3n) is 6.28. The Balaban J connectivity index is 1.41. The molecule has 0 aliphatic heterocycles. The van der Waals surface area contributed by atoms with Gasteiger partial charge in [0, 0.05) is 24.0 Å². The second kappa shape index (κ2) is 9.22. The fraction of sp³-hybridized carbons (Fsp3) is 0.0968. The van der Waals surface area contributed by atoms with Crippen LogP contribution in [0.25, 0.3) is 21.5 Å². The molecule has 0 bridgehead atoms. The van der Waals surface area contributed by atoms with Gasteiger partial charge < -0.3 is 0 Å². The predicted molar refractivity (Wildman–Crippen MR) is 135 cm³/mol. The molecule has 160 valence electrons. The van der Waals surface area contributed by atoms with Crippen LogP contribution in [0.15, 0.2) is 115 Å². The van der Waals surface area contributed by atoms with E-state index in [1.165, 1.54) is 0 Å². The highest BCUT2D eigenvalue weighted by atomic mass is 16.1. The fourth-order valence-electron chi connectivity index (χ4n) is 4.44. The first kappa shape index (κ1) is 20.8. The summed E-state index contributed by atoms with van der Waals surface area (Å²) in [5, 5.41) is 4.32. The molecule has 0 radical (unpaired) electrons. The Morgan fingerprint density at radius 3 is 1.39 bits per heavy atom. The maximum Gasteiger partial charge on any atom is 0.163 e. The van der Waals surface area contributed by atoms with Gasteiger partial charge in [0.15, 0.2) is 11.6 Å². The lowest BCUT2D eigenvalue weighted by molar-refractivity contribution is 0.0944. The van der Waals surface area contributed by atoms with Crippen molar-refractivity contribution < 1.29 is 9.59 Å². The molecule has 2 heteroatoms. The second-order valence-corrected chi connectivity index (χ2v) is 8.49. The predicted octanol–water partition coefficient (Wildman–Crippen LogP) is 7.62. The van der Waals surface area contributed by atoms with E-state index in [1.54, 1.807) is 0 Å². The van der Waals surface area contributed by atoms with E-state index in [0.29, 0.717) is 24.0 Å². The van der Waals surface area contributed by atoms with Crippen LogP contribution < -0.4 is 0 Å². The third kappa shape index (κ3) is 4.61. The van der Waals surface area contributed by atoms with E-state index in [-0.39, 0.29) is 17.5 Å². The van der Waals surface area contributed by atoms with E-state index >= 15 is 0 Å². The monoisotopic (exact) mass is 428 g/mol. The molecule has 5 aromatic rings. The number of carbonyl (C=O) groups excluding carboxylic acids is 2. The molecule has 0 aliphatic carbocycles. The number of rotatable bonds is 7. The van der Waals surface area contributed by atoms with Gasteiger partial charge >= 0.3 is 0 Å². The minimum Gasteiger partial charge on any atom is -0.294 e. The number of fused-ring (bicyclic) bond motifs is 2. The summed E-state index contributed by atoms with van der Waals surface area (Å²) in [6.45, 7) is 0. The zero-order chi connectivity index (χ0) is 22.6. The molecule has 2 nitrogen and oxygen atoms in total. The number of hydrogen-bond donors (Lipinski definition) is 0. The molecule has 0 N–H and O–H groups in total. The lowest BCUT2D eigenvalue weighted by Gasteiger charge is -2.17. The van der Waals surface area contributed by atoms with Crippen molar-refractivity contribution in [2.75, 3.05) is 0 Å². The molecule has 0 aliphatic rings. The van der Waals surface area contributed by atoms with Gasteiger partial charge in [-0.15, -0.1) is 0 Å². The van der Waals surface area contributed by atoms with Crippen molar-refractivity contribution in [3.8, 4) is 0 Å². The second-order valence-electron chi connectivity index (χ2n) is 8.49. The van der Waals surface area contributed by atoms with Crippen LogP contribution in [-0.4, -0.2) is 11.6 Å². The Labute approximate surface area is 193 Å². The van der Waals surface area contributed by atoms with Crippen molar-refractivity contribution in [1.82, 2.24) is 0 Å². The minimum absolute atomic E-state index is 0.0564. The summed E-state index contributed by atoms with van der Waals surface area (Å²) in [5.41, 5.74) is 2.39. The topological polar surface area (TPSA) is 34.1 Å². The standard InChI is InChI=1S/C31H24O2/c32-30(27-16-14-23-10-4-6-12-25(23)18-27)20-29(22-8-2-1-3-9-22)21-31(33)28-17-15-24-11-5-7-13-26(24)19-28/h1-19,29H,20-21H2. The van der Waals surface area contributed by atoms with Gasteiger partial charge in [-0.25, -0.2) is 0 Å². The van der Waals surface area contributed by atoms with Gasteiger partial charge in [0.2, 0.25) is 0 Å². The average Bonchev–Trinajstić information content (AvgIpc) is 2.88. The molecule has 0 amide bonds. The van der Waals surface area contributed by atoms with E-state index in [1.807, 2.05) is 115 Å². The molecule has 33 heavy (non-hydrogen) atoms. The van der Waals surface area contributed by atoms with Crippen molar-refractivity contribution >= 4 is 33.1 Å². The Morgan fingerprint density at radius 1 is 0.485 bits per heavy atom. The van der Waals surface area contributed by atoms with Crippen molar-refractivity contribution in [2.24, 2.45) is 0 Å². The quantitative estimate of drug-likeness (QED) is 0.250. The molecule has 0 saturated heterocycles. The minimum atomic E-state index is -0.177. The lowest BCUT2D eigenvalue weighted by Crippen LogP contribution is -2.13. The third-order valence-corrected chi connectivity index (χ3v) is 6.28. The van der Waals surface area contributed by atoms with Gasteiger partial charge in [-0.3, -0.25) is 9.59 Å². The lowest BCUT2D eigenvalue weighted by atomic mass is 9.86. The van der Waals surface area contributed by atoms with Gasteiger partial charge in [0.05, 0.1) is 0 Å². The normalized spacial score (nSPS) is 11.2. The number of benzene rings is 5. The van der Waals surface area contributed by atoms with Crippen molar-refractivity contribution in [1.29, 1.82) is 0 Å². The Kier molecular flexibility index (Phi) is 5.82. The summed E-state index contributed by atoms with van der Waals surface area (Å²) in [6.07, 6.45) is 0.587. The zero-order valence-corrected chi connectivity index (χ0v) is 18.3. The molecule has 0 saturated carbocycles. The summed E-state index contributed by atoms with van der Waals surface area (Å²) >= 11 is 0. The summed E-state index contributed by atoms with van der Waals surface area (Å²) in [7, 11) is 0. The zero-order valence-electron chi connectivity index (χ0n) is 18.3. The molecule has 0 spiro atoms. The molecule has 0 unspecified atom stereocenters. The molecule has 5 aromatic carbocycles. The SMILES string of the molecule is O=C(CC(CC(=O)c1ccc2ccccc2c1)c1ccccc1)c1ccc2ccccc2c1. The molecule has 0 heterocycles. The average molecular weight is 429 g/mol. The molecule has 0 atom stereocenters. The molecule has 0 fully saturated rings. The number of Topliss-reactive ketones (excluding diaryl/α,β-unsaturated/α-hetero) is 2. The highest BCUT2D eigenvalue weighted by Crippen LogP contribution is 2.29. The first-order valence-electron chi connectivity index (χ1n) is 11.3. The first-order valence-corrected chi connectivity index (χ1v) is 11.3. The fourth-order valence-corrected chi connectivity index (χ4v) is 4.44. The van der Waals surface area contributed by atoms with Crippen LogP contribution in [0.3, 0.4) is 0 Å². The van der Waals surface area contributed by atoms with Crippen LogP contribution in [0.1, 0.15) is 45.0 Å². The molecule has 0 aromatic heterocycles. The van der Waals surface area contributed by atoms with Crippen molar-refractivity contribution in [2.45, 2.75) is 18.8 Å². The van der Waals surface area contributed by atoms with E-state index in [4.69, 9.17) is 0 Å². The number of ketones is 2. The van der Waals surface area contributed by atoms with Crippen LogP contribution in [0.5, 0.6) is 0 Å². The number of hydrogen-bond acceptors (Lipinski definition) is 2. The summed E-state index contributed by atoms with van der Waals surface area (Å²) in [4.78, 5) is 26.5. The smallest absolute Gasteiger partial charge is 0.163 e. The van der Waals surface area contributed by atoms with Crippen molar-refractivity contribution in [3.63, 3.8) is 0 Å². The first-order chi connectivity index (χ1) is 16.2. The van der Waals surface area contributed by atoms with Gasteiger partial charge in [0.25, 0.3) is 0 Å².